The Morgan fingerprint density at radius 3 is 2.40 bits per heavy atom. The van der Waals surface area contributed by atoms with Gasteiger partial charge >= 0.3 is 0 Å². The second-order valence-electron chi connectivity index (χ2n) is 6.47. The van der Waals surface area contributed by atoms with Gasteiger partial charge < -0.3 is 20.1 Å². The molecule has 0 bridgehead atoms. The number of hydrogen-bond acceptors (Lipinski definition) is 5. The largest absolute Gasteiger partial charge is 0.493 e. The summed E-state index contributed by atoms with van der Waals surface area (Å²) in [5.41, 5.74) is 2.54. The summed E-state index contributed by atoms with van der Waals surface area (Å²) in [6.45, 7) is 0. The van der Waals surface area contributed by atoms with E-state index in [1.807, 2.05) is 18.2 Å². The van der Waals surface area contributed by atoms with E-state index in [-0.39, 0.29) is 18.2 Å². The maximum Gasteiger partial charge on any atom is 0.255 e. The van der Waals surface area contributed by atoms with Crippen molar-refractivity contribution in [1.29, 1.82) is 0 Å². The molecule has 0 spiro atoms. The van der Waals surface area contributed by atoms with Crippen molar-refractivity contribution < 1.29 is 19.1 Å². The van der Waals surface area contributed by atoms with Gasteiger partial charge in [0.25, 0.3) is 5.91 Å². The van der Waals surface area contributed by atoms with E-state index >= 15 is 0 Å². The fourth-order valence-corrected chi connectivity index (χ4v) is 3.00. The lowest BCUT2D eigenvalue weighted by molar-refractivity contribution is -0.116. The highest BCUT2D eigenvalue weighted by Gasteiger charge is 2.12. The zero-order chi connectivity index (χ0) is 21.3. The molecule has 7 heteroatoms. The molecule has 0 atom stereocenters. The number of carbonyl (C=O) groups excluding carboxylic acids is 2. The molecule has 0 fully saturated rings. The topological polar surface area (TPSA) is 89.5 Å². The van der Waals surface area contributed by atoms with Gasteiger partial charge in [-0.05, 0) is 48.4 Å². The van der Waals surface area contributed by atoms with Gasteiger partial charge in [-0.1, -0.05) is 18.2 Å². The van der Waals surface area contributed by atoms with E-state index in [1.54, 1.807) is 63.0 Å². The number of para-hydroxylation sites is 1. The predicted molar refractivity (Wildman–Crippen MR) is 115 cm³/mol. The number of pyridine rings is 1. The maximum absolute atomic E-state index is 12.4. The van der Waals surface area contributed by atoms with E-state index < -0.39 is 0 Å². The van der Waals surface area contributed by atoms with Crippen molar-refractivity contribution in [2.24, 2.45) is 0 Å². The van der Waals surface area contributed by atoms with Gasteiger partial charge in [-0.25, -0.2) is 0 Å². The first-order chi connectivity index (χ1) is 14.6. The van der Waals surface area contributed by atoms with Crippen LogP contribution in [0.1, 0.15) is 22.3 Å². The number of aromatic nitrogens is 1. The van der Waals surface area contributed by atoms with Crippen LogP contribution in [0.3, 0.4) is 0 Å². The summed E-state index contributed by atoms with van der Waals surface area (Å²) in [4.78, 5) is 28.8. The minimum Gasteiger partial charge on any atom is -0.493 e. The summed E-state index contributed by atoms with van der Waals surface area (Å²) in [7, 11) is 3.15. The summed E-state index contributed by atoms with van der Waals surface area (Å²) >= 11 is 0. The molecule has 0 aliphatic rings. The number of methoxy groups -OCH3 is 2. The Morgan fingerprint density at radius 2 is 1.67 bits per heavy atom. The van der Waals surface area contributed by atoms with Crippen molar-refractivity contribution in [3.8, 4) is 11.5 Å². The van der Waals surface area contributed by atoms with Gasteiger partial charge in [-0.2, -0.15) is 0 Å². The average Bonchev–Trinajstić information content (AvgIpc) is 2.78. The summed E-state index contributed by atoms with van der Waals surface area (Å²) in [5.74, 6) is 0.830. The molecule has 0 saturated heterocycles. The van der Waals surface area contributed by atoms with Crippen LogP contribution in [-0.4, -0.2) is 31.0 Å². The molecular formula is C23H23N3O4. The minimum atomic E-state index is -0.265. The van der Waals surface area contributed by atoms with Crippen LogP contribution < -0.4 is 20.1 Å². The third-order valence-electron chi connectivity index (χ3n) is 4.45. The molecule has 154 valence electrons. The first-order valence-electron chi connectivity index (χ1n) is 9.42. The van der Waals surface area contributed by atoms with E-state index in [0.29, 0.717) is 34.9 Å². The Hall–Kier alpha value is -3.87. The molecule has 0 radical (unpaired) electrons. The lowest BCUT2D eigenvalue weighted by Gasteiger charge is -2.12. The molecule has 0 saturated carbocycles. The first-order valence-corrected chi connectivity index (χ1v) is 9.42. The number of anilines is 2. The van der Waals surface area contributed by atoms with Crippen molar-refractivity contribution in [3.63, 3.8) is 0 Å². The van der Waals surface area contributed by atoms with Crippen LogP contribution in [0.5, 0.6) is 11.5 Å². The van der Waals surface area contributed by atoms with E-state index in [9.17, 15) is 9.59 Å². The minimum absolute atomic E-state index is 0.161. The lowest BCUT2D eigenvalue weighted by Crippen LogP contribution is -2.15. The third kappa shape index (κ3) is 5.35. The van der Waals surface area contributed by atoms with Crippen molar-refractivity contribution in [2.75, 3.05) is 24.9 Å². The molecule has 3 aromatic rings. The van der Waals surface area contributed by atoms with Crippen LogP contribution in [0.25, 0.3) is 0 Å². The zero-order valence-electron chi connectivity index (χ0n) is 16.8. The number of aryl methyl sites for hydroxylation is 1. The molecule has 2 aromatic carbocycles. The Balaban J connectivity index is 1.61. The normalized spacial score (nSPS) is 10.2. The van der Waals surface area contributed by atoms with Crippen LogP contribution in [0.4, 0.5) is 11.4 Å². The maximum atomic E-state index is 12.4. The van der Waals surface area contributed by atoms with E-state index in [4.69, 9.17) is 9.47 Å². The Labute approximate surface area is 175 Å². The quantitative estimate of drug-likeness (QED) is 0.593. The summed E-state index contributed by atoms with van der Waals surface area (Å²) in [6.07, 6.45) is 3.96. The van der Waals surface area contributed by atoms with Gasteiger partial charge in [0.15, 0.2) is 11.5 Å². The number of nitrogens with one attached hydrogen (secondary N) is 2. The molecule has 3 rings (SSSR count). The van der Waals surface area contributed by atoms with E-state index in [0.717, 1.165) is 5.56 Å². The third-order valence-corrected chi connectivity index (χ3v) is 4.45. The van der Waals surface area contributed by atoms with Crippen LogP contribution >= 0.6 is 0 Å². The Kier molecular flexibility index (Phi) is 7.00. The number of carbonyl (C=O) groups is 2. The van der Waals surface area contributed by atoms with Crippen molar-refractivity contribution in [2.45, 2.75) is 12.8 Å². The zero-order valence-corrected chi connectivity index (χ0v) is 16.8. The fourth-order valence-electron chi connectivity index (χ4n) is 3.00. The van der Waals surface area contributed by atoms with Crippen LogP contribution in [0.15, 0.2) is 67.0 Å². The number of rotatable bonds is 8. The first kappa shape index (κ1) is 20.9. The summed E-state index contributed by atoms with van der Waals surface area (Å²) < 4.78 is 10.7. The standard InChI is InChI=1S/C23H23N3O4/c1-29-20-8-4-5-16(22(20)30-2)9-10-21(27)25-19-7-3-6-17(15-19)23(28)26-18-11-13-24-14-12-18/h3-8,11-15H,9-10H2,1-2H3,(H,25,27)(H,24,26,28). The van der Waals surface area contributed by atoms with Gasteiger partial charge in [-0.15, -0.1) is 0 Å². The monoisotopic (exact) mass is 405 g/mol. The number of benzene rings is 2. The molecule has 0 aliphatic heterocycles. The molecule has 30 heavy (non-hydrogen) atoms. The highest BCUT2D eigenvalue weighted by atomic mass is 16.5. The molecule has 7 nitrogen and oxygen atoms in total. The van der Waals surface area contributed by atoms with Crippen molar-refractivity contribution >= 4 is 23.2 Å². The fraction of sp³-hybridized carbons (Fsp3) is 0.174. The highest BCUT2D eigenvalue weighted by molar-refractivity contribution is 6.05. The summed E-state index contributed by atoms with van der Waals surface area (Å²) in [5, 5.41) is 5.63. The Morgan fingerprint density at radius 1 is 0.900 bits per heavy atom. The molecule has 2 N–H and O–H groups in total. The number of hydrogen-bond donors (Lipinski definition) is 2. The smallest absolute Gasteiger partial charge is 0.255 e. The number of nitrogens with zero attached hydrogens (tertiary/aromatic N) is 1. The van der Waals surface area contributed by atoms with Crippen LogP contribution in [0, 0.1) is 0 Å². The molecule has 1 aromatic heterocycles. The molecule has 0 aliphatic carbocycles. The van der Waals surface area contributed by atoms with E-state index in [2.05, 4.69) is 15.6 Å². The number of ether oxygens (including phenoxy) is 2. The molecule has 0 unspecified atom stereocenters. The van der Waals surface area contributed by atoms with Gasteiger partial charge in [0.05, 0.1) is 14.2 Å². The summed E-state index contributed by atoms with van der Waals surface area (Å²) in [6, 6.07) is 15.8. The van der Waals surface area contributed by atoms with Crippen LogP contribution in [-0.2, 0) is 11.2 Å². The number of amides is 2. The second kappa shape index (κ2) is 10.1. The van der Waals surface area contributed by atoms with Crippen molar-refractivity contribution in [3.05, 3.63) is 78.1 Å². The molecule has 2 amide bonds. The van der Waals surface area contributed by atoms with Gasteiger partial charge in [0.1, 0.15) is 0 Å². The lowest BCUT2D eigenvalue weighted by atomic mass is 10.1. The second-order valence-corrected chi connectivity index (χ2v) is 6.47. The van der Waals surface area contributed by atoms with Gasteiger partial charge in [0.2, 0.25) is 5.91 Å². The van der Waals surface area contributed by atoms with Gasteiger partial charge in [0, 0.05) is 35.8 Å². The van der Waals surface area contributed by atoms with Crippen LogP contribution in [0.2, 0.25) is 0 Å². The van der Waals surface area contributed by atoms with E-state index in [1.165, 1.54) is 0 Å². The predicted octanol–water partition coefficient (Wildman–Crippen LogP) is 3.92. The molecular weight excluding hydrogens is 382 g/mol. The Bertz CT molecular complexity index is 1020. The molecule has 1 heterocycles. The average molecular weight is 405 g/mol. The highest BCUT2D eigenvalue weighted by Crippen LogP contribution is 2.31. The van der Waals surface area contributed by atoms with Crippen molar-refractivity contribution in [1.82, 2.24) is 4.98 Å². The SMILES string of the molecule is COc1cccc(CCC(=O)Nc2cccc(C(=O)Nc3ccncc3)c2)c1OC. The van der Waals surface area contributed by atoms with Gasteiger partial charge in [-0.3, -0.25) is 14.6 Å².